The molecule has 4 aliphatic carbocycles. The predicted octanol–water partition coefficient (Wildman–Crippen LogP) is 5.08. The summed E-state index contributed by atoms with van der Waals surface area (Å²) in [6, 6.07) is -0.0156. The molecule has 6 atom stereocenters. The van der Waals surface area contributed by atoms with Gasteiger partial charge in [-0.2, -0.15) is 4.91 Å². The highest BCUT2D eigenvalue weighted by Gasteiger charge is 2.52. The topological polar surface area (TPSA) is 29.4 Å². The average Bonchev–Trinajstić information content (AvgIpc) is 2.88. The van der Waals surface area contributed by atoms with Gasteiger partial charge in [-0.25, -0.2) is 0 Å². The lowest BCUT2D eigenvalue weighted by Gasteiger charge is -2.53. The molecule has 0 saturated heterocycles. The summed E-state index contributed by atoms with van der Waals surface area (Å²) < 4.78 is 0. The summed E-state index contributed by atoms with van der Waals surface area (Å²) in [5.74, 6) is 3.72. The van der Waals surface area contributed by atoms with Crippen molar-refractivity contribution in [2.24, 2.45) is 34.3 Å². The van der Waals surface area contributed by atoms with E-state index in [2.05, 4.69) is 18.2 Å². The normalized spacial score (nSPS) is 50.6. The lowest BCUT2D eigenvalue weighted by molar-refractivity contribution is -0.00155. The van der Waals surface area contributed by atoms with Gasteiger partial charge in [0.1, 0.15) is 6.04 Å². The molecule has 3 saturated carbocycles. The van der Waals surface area contributed by atoms with E-state index in [0.29, 0.717) is 5.41 Å². The maximum absolute atomic E-state index is 10.8. The molecule has 4 aliphatic rings. The van der Waals surface area contributed by atoms with Crippen molar-refractivity contribution in [2.75, 3.05) is 0 Å². The van der Waals surface area contributed by atoms with Crippen molar-refractivity contribution in [1.82, 2.24) is 0 Å². The summed E-state index contributed by atoms with van der Waals surface area (Å²) >= 11 is 0. The molecular formula is C18H27NO. The quantitative estimate of drug-likeness (QED) is 0.483. The Morgan fingerprint density at radius 3 is 2.85 bits per heavy atom. The van der Waals surface area contributed by atoms with E-state index in [4.69, 9.17) is 0 Å². The molecule has 0 heterocycles. The summed E-state index contributed by atoms with van der Waals surface area (Å²) in [7, 11) is 0. The number of allylic oxidation sites excluding steroid dienone is 1. The summed E-state index contributed by atoms with van der Waals surface area (Å²) in [6.45, 7) is 2.57. The first-order chi connectivity index (χ1) is 9.71. The van der Waals surface area contributed by atoms with Gasteiger partial charge in [0.25, 0.3) is 0 Å². The van der Waals surface area contributed by atoms with Crippen LogP contribution in [0.25, 0.3) is 0 Å². The molecule has 20 heavy (non-hydrogen) atoms. The van der Waals surface area contributed by atoms with Crippen LogP contribution in [0.2, 0.25) is 0 Å². The molecule has 6 unspecified atom stereocenters. The van der Waals surface area contributed by atoms with Crippen LogP contribution in [0.15, 0.2) is 16.8 Å². The largest absolute Gasteiger partial charge is 0.150 e. The maximum Gasteiger partial charge on any atom is 0.110 e. The SMILES string of the molecule is CC12CCCC1C1CCC3=CC(N=O)CCC3C1CC2. The van der Waals surface area contributed by atoms with Crippen LogP contribution in [0.5, 0.6) is 0 Å². The minimum Gasteiger partial charge on any atom is -0.150 e. The van der Waals surface area contributed by atoms with Crippen LogP contribution in [0.3, 0.4) is 0 Å². The van der Waals surface area contributed by atoms with Gasteiger partial charge in [-0.05, 0) is 80.5 Å². The van der Waals surface area contributed by atoms with Crippen LogP contribution >= 0.6 is 0 Å². The Balaban J connectivity index is 1.60. The number of nitroso groups, excluding NO2 is 1. The third-order valence-electron chi connectivity index (χ3n) is 7.35. The van der Waals surface area contributed by atoms with Crippen LogP contribution in [0, 0.1) is 34.0 Å². The maximum atomic E-state index is 10.8. The van der Waals surface area contributed by atoms with Gasteiger partial charge in [0.15, 0.2) is 0 Å². The van der Waals surface area contributed by atoms with Gasteiger partial charge in [-0.3, -0.25) is 0 Å². The van der Waals surface area contributed by atoms with E-state index in [0.717, 1.165) is 30.1 Å². The van der Waals surface area contributed by atoms with E-state index >= 15 is 0 Å². The van der Waals surface area contributed by atoms with Crippen molar-refractivity contribution in [2.45, 2.75) is 70.8 Å². The number of fused-ring (bicyclic) bond motifs is 5. The second-order valence-corrected chi connectivity index (χ2v) is 8.16. The predicted molar refractivity (Wildman–Crippen MR) is 81.3 cm³/mol. The van der Waals surface area contributed by atoms with Crippen LogP contribution in [-0.4, -0.2) is 6.04 Å². The van der Waals surface area contributed by atoms with Gasteiger partial charge < -0.3 is 0 Å². The lowest BCUT2D eigenvalue weighted by Crippen LogP contribution is -2.44. The highest BCUT2D eigenvalue weighted by molar-refractivity contribution is 5.20. The summed E-state index contributed by atoms with van der Waals surface area (Å²) in [5.41, 5.74) is 2.27. The molecule has 0 N–H and O–H groups in total. The molecule has 110 valence electrons. The molecule has 0 aromatic heterocycles. The van der Waals surface area contributed by atoms with Gasteiger partial charge >= 0.3 is 0 Å². The van der Waals surface area contributed by atoms with Crippen molar-refractivity contribution in [3.05, 3.63) is 16.6 Å². The number of rotatable bonds is 1. The number of hydrogen-bond acceptors (Lipinski definition) is 2. The van der Waals surface area contributed by atoms with E-state index in [1.807, 2.05) is 0 Å². The molecule has 0 aromatic rings. The fraction of sp³-hybridized carbons (Fsp3) is 0.889. The second kappa shape index (κ2) is 4.68. The summed E-state index contributed by atoms with van der Waals surface area (Å²) in [4.78, 5) is 10.8. The highest BCUT2D eigenvalue weighted by Crippen LogP contribution is 2.61. The lowest BCUT2D eigenvalue weighted by atomic mass is 9.52. The van der Waals surface area contributed by atoms with Crippen molar-refractivity contribution < 1.29 is 0 Å². The minimum absolute atomic E-state index is 0.0156. The molecular weight excluding hydrogens is 246 g/mol. The van der Waals surface area contributed by atoms with Gasteiger partial charge in [-0.15, -0.1) is 0 Å². The van der Waals surface area contributed by atoms with Crippen LogP contribution in [-0.2, 0) is 0 Å². The van der Waals surface area contributed by atoms with Gasteiger partial charge in [0.2, 0.25) is 0 Å². The Morgan fingerprint density at radius 1 is 1.10 bits per heavy atom. The Kier molecular flexibility index (Phi) is 3.05. The van der Waals surface area contributed by atoms with Crippen molar-refractivity contribution >= 4 is 0 Å². The number of hydrogen-bond donors (Lipinski definition) is 0. The Bertz CT molecular complexity index is 443. The van der Waals surface area contributed by atoms with Gasteiger partial charge in [-0.1, -0.05) is 30.2 Å². The average molecular weight is 273 g/mol. The monoisotopic (exact) mass is 273 g/mol. The summed E-state index contributed by atoms with van der Waals surface area (Å²) in [6.07, 6.45) is 14.4. The van der Waals surface area contributed by atoms with E-state index in [1.165, 1.54) is 51.4 Å². The molecule has 2 heteroatoms. The van der Waals surface area contributed by atoms with Crippen LogP contribution in [0.1, 0.15) is 64.7 Å². The first-order valence-corrected chi connectivity index (χ1v) is 8.74. The molecule has 0 aromatic carbocycles. The minimum atomic E-state index is -0.0156. The van der Waals surface area contributed by atoms with E-state index in [1.54, 1.807) is 5.57 Å². The molecule has 0 aliphatic heterocycles. The van der Waals surface area contributed by atoms with E-state index < -0.39 is 0 Å². The van der Waals surface area contributed by atoms with Crippen molar-refractivity contribution in [3.8, 4) is 0 Å². The van der Waals surface area contributed by atoms with Crippen LogP contribution < -0.4 is 0 Å². The first-order valence-electron chi connectivity index (χ1n) is 8.74. The van der Waals surface area contributed by atoms with Gasteiger partial charge in [0.05, 0.1) is 0 Å². The van der Waals surface area contributed by atoms with Gasteiger partial charge in [0, 0.05) is 0 Å². The van der Waals surface area contributed by atoms with E-state index in [-0.39, 0.29) is 6.04 Å². The Labute approximate surface area is 122 Å². The van der Waals surface area contributed by atoms with Crippen molar-refractivity contribution in [1.29, 1.82) is 0 Å². The van der Waals surface area contributed by atoms with Crippen molar-refractivity contribution in [3.63, 3.8) is 0 Å². The molecule has 3 fully saturated rings. The van der Waals surface area contributed by atoms with E-state index in [9.17, 15) is 4.91 Å². The smallest absolute Gasteiger partial charge is 0.110 e. The molecule has 0 spiro atoms. The Hall–Kier alpha value is -0.660. The fourth-order valence-corrected chi connectivity index (χ4v) is 6.39. The summed E-state index contributed by atoms with van der Waals surface area (Å²) in [5, 5.41) is 3.28. The zero-order valence-corrected chi connectivity index (χ0v) is 12.7. The standard InChI is InChI=1S/C18H27NO/c1-18-9-2-3-17(18)16-6-4-12-11-13(19-20)5-7-14(12)15(16)8-10-18/h11,13-17H,2-10H2,1H3. The molecule has 0 amide bonds. The highest BCUT2D eigenvalue weighted by atomic mass is 16.3. The Morgan fingerprint density at radius 2 is 2.00 bits per heavy atom. The zero-order valence-electron chi connectivity index (χ0n) is 12.7. The zero-order chi connectivity index (χ0) is 13.7. The van der Waals surface area contributed by atoms with Crippen LogP contribution in [0.4, 0.5) is 0 Å². The molecule has 2 nitrogen and oxygen atoms in total. The second-order valence-electron chi connectivity index (χ2n) is 8.16. The molecule has 0 bridgehead atoms. The third kappa shape index (κ3) is 1.83. The third-order valence-corrected chi connectivity index (χ3v) is 7.35. The first kappa shape index (κ1) is 13.0. The molecule has 4 rings (SSSR count). The molecule has 0 radical (unpaired) electrons. The number of nitrogens with zero attached hydrogens (tertiary/aromatic N) is 1. The fourth-order valence-electron chi connectivity index (χ4n) is 6.39.